The zero-order valence-corrected chi connectivity index (χ0v) is 16.1. The maximum absolute atomic E-state index is 12.5. The molecule has 1 atom stereocenters. The van der Waals surface area contributed by atoms with Gasteiger partial charge in [0.25, 0.3) is 5.56 Å². The van der Waals surface area contributed by atoms with Gasteiger partial charge < -0.3 is 4.42 Å². The summed E-state index contributed by atoms with van der Waals surface area (Å²) in [5, 5.41) is 0. The van der Waals surface area contributed by atoms with E-state index in [-0.39, 0.29) is 11.6 Å². The molecule has 0 aromatic carbocycles. The molecular weight excluding hydrogens is 338 g/mol. The molecule has 1 saturated heterocycles. The van der Waals surface area contributed by atoms with Gasteiger partial charge in [-0.25, -0.2) is 4.98 Å². The molecule has 4 rings (SSSR count). The predicted molar refractivity (Wildman–Crippen MR) is 106 cm³/mol. The molecule has 1 aliphatic heterocycles. The molecule has 0 saturated carbocycles. The fourth-order valence-corrected chi connectivity index (χ4v) is 3.99. The fourth-order valence-electron chi connectivity index (χ4n) is 3.99. The van der Waals surface area contributed by atoms with Gasteiger partial charge in [-0.3, -0.25) is 14.1 Å². The Hall–Kier alpha value is -2.40. The third kappa shape index (κ3) is 3.83. The van der Waals surface area contributed by atoms with Crippen LogP contribution in [0.15, 0.2) is 45.7 Å². The number of rotatable bonds is 4. The number of aromatic nitrogens is 2. The van der Waals surface area contributed by atoms with Gasteiger partial charge in [0.1, 0.15) is 17.2 Å². The molecule has 0 spiro atoms. The standard InChI is InChI=1S/C22H27N3O2/c1-3-18-9-10-20(27-18)19-7-5-4-6-12-24(19)15-17-13-22(26)25-14-16(2)8-11-21(25)23-17/h8-11,13-14,19H,3-7,12,15H2,1-2H3. The molecule has 27 heavy (non-hydrogen) atoms. The molecule has 1 fully saturated rings. The van der Waals surface area contributed by atoms with Crippen molar-refractivity contribution < 1.29 is 4.42 Å². The number of pyridine rings is 1. The molecular formula is C22H27N3O2. The summed E-state index contributed by atoms with van der Waals surface area (Å²) in [7, 11) is 0. The van der Waals surface area contributed by atoms with E-state index in [1.54, 1.807) is 10.5 Å². The highest BCUT2D eigenvalue weighted by molar-refractivity contribution is 5.40. The Kier molecular flexibility index (Phi) is 5.12. The highest BCUT2D eigenvalue weighted by Gasteiger charge is 2.26. The summed E-state index contributed by atoms with van der Waals surface area (Å²) in [6.07, 6.45) is 7.46. The molecule has 0 aliphatic carbocycles. The molecule has 1 aliphatic rings. The number of hydrogen-bond acceptors (Lipinski definition) is 4. The summed E-state index contributed by atoms with van der Waals surface area (Å²) in [6.45, 7) is 5.77. The average molecular weight is 365 g/mol. The Morgan fingerprint density at radius 1 is 1.19 bits per heavy atom. The number of likely N-dealkylation sites (tertiary alicyclic amines) is 1. The quantitative estimate of drug-likeness (QED) is 0.693. The molecule has 142 valence electrons. The Bertz CT molecular complexity index is 989. The largest absolute Gasteiger partial charge is 0.464 e. The average Bonchev–Trinajstić information content (AvgIpc) is 3.02. The van der Waals surface area contributed by atoms with Crippen LogP contribution < -0.4 is 5.56 Å². The minimum absolute atomic E-state index is 0.0173. The van der Waals surface area contributed by atoms with Gasteiger partial charge in [0.05, 0.1) is 11.7 Å². The molecule has 0 amide bonds. The zero-order chi connectivity index (χ0) is 18.8. The van der Waals surface area contributed by atoms with Crippen molar-refractivity contribution in [3.05, 3.63) is 69.7 Å². The van der Waals surface area contributed by atoms with Crippen molar-refractivity contribution in [2.75, 3.05) is 6.54 Å². The highest BCUT2D eigenvalue weighted by Crippen LogP contribution is 2.32. The van der Waals surface area contributed by atoms with Crippen LogP contribution in [0.25, 0.3) is 5.65 Å². The highest BCUT2D eigenvalue weighted by atomic mass is 16.3. The van der Waals surface area contributed by atoms with Crippen LogP contribution in [0.2, 0.25) is 0 Å². The first-order chi connectivity index (χ1) is 13.1. The lowest BCUT2D eigenvalue weighted by Crippen LogP contribution is -2.29. The van der Waals surface area contributed by atoms with Crippen molar-refractivity contribution in [3.63, 3.8) is 0 Å². The third-order valence-corrected chi connectivity index (χ3v) is 5.45. The molecule has 0 radical (unpaired) electrons. The van der Waals surface area contributed by atoms with Crippen LogP contribution in [0.5, 0.6) is 0 Å². The van der Waals surface area contributed by atoms with Crippen LogP contribution in [0.4, 0.5) is 0 Å². The minimum Gasteiger partial charge on any atom is -0.464 e. The summed E-state index contributed by atoms with van der Waals surface area (Å²) in [6, 6.07) is 10.0. The Morgan fingerprint density at radius 2 is 2.07 bits per heavy atom. The van der Waals surface area contributed by atoms with E-state index in [0.29, 0.717) is 12.2 Å². The van der Waals surface area contributed by atoms with E-state index >= 15 is 0 Å². The number of fused-ring (bicyclic) bond motifs is 1. The normalized spacial score (nSPS) is 18.7. The fraction of sp³-hybridized carbons (Fsp3) is 0.455. The predicted octanol–water partition coefficient (Wildman–Crippen LogP) is 4.28. The smallest absolute Gasteiger partial charge is 0.258 e. The monoisotopic (exact) mass is 365 g/mol. The number of aryl methyl sites for hydroxylation is 2. The van der Waals surface area contributed by atoms with Crippen molar-refractivity contribution in [2.45, 2.75) is 58.5 Å². The molecule has 0 N–H and O–H groups in total. The van der Waals surface area contributed by atoms with Gasteiger partial charge >= 0.3 is 0 Å². The summed E-state index contributed by atoms with van der Waals surface area (Å²) in [5.74, 6) is 2.08. The zero-order valence-electron chi connectivity index (χ0n) is 16.1. The lowest BCUT2D eigenvalue weighted by atomic mass is 10.1. The van der Waals surface area contributed by atoms with Crippen LogP contribution in [0.3, 0.4) is 0 Å². The van der Waals surface area contributed by atoms with Gasteiger partial charge in [-0.05, 0) is 50.1 Å². The minimum atomic E-state index is -0.0173. The van der Waals surface area contributed by atoms with Gasteiger partial charge in [0.15, 0.2) is 0 Å². The second-order valence-electron chi connectivity index (χ2n) is 7.51. The maximum atomic E-state index is 12.5. The van der Waals surface area contributed by atoms with Crippen LogP contribution in [-0.2, 0) is 13.0 Å². The van der Waals surface area contributed by atoms with Gasteiger partial charge in [-0.1, -0.05) is 25.8 Å². The van der Waals surface area contributed by atoms with Crippen molar-refractivity contribution in [2.24, 2.45) is 0 Å². The van der Waals surface area contributed by atoms with Crippen LogP contribution in [0, 0.1) is 6.92 Å². The van der Waals surface area contributed by atoms with Gasteiger partial charge in [0, 0.05) is 25.2 Å². The first-order valence-electron chi connectivity index (χ1n) is 9.95. The second kappa shape index (κ2) is 7.69. The van der Waals surface area contributed by atoms with E-state index in [1.807, 2.05) is 25.3 Å². The first kappa shape index (κ1) is 18.0. The lowest BCUT2D eigenvalue weighted by molar-refractivity contribution is 0.166. The summed E-state index contributed by atoms with van der Waals surface area (Å²) in [4.78, 5) is 19.7. The summed E-state index contributed by atoms with van der Waals surface area (Å²) >= 11 is 0. The lowest BCUT2D eigenvalue weighted by Gasteiger charge is -2.28. The molecule has 5 nitrogen and oxygen atoms in total. The molecule has 3 aromatic heterocycles. The Labute approximate surface area is 159 Å². The third-order valence-electron chi connectivity index (χ3n) is 5.45. The summed E-state index contributed by atoms with van der Waals surface area (Å²) < 4.78 is 7.70. The number of furan rings is 1. The van der Waals surface area contributed by atoms with E-state index < -0.39 is 0 Å². The van der Waals surface area contributed by atoms with Crippen molar-refractivity contribution in [1.82, 2.24) is 14.3 Å². The van der Waals surface area contributed by atoms with E-state index in [2.05, 4.69) is 24.0 Å². The van der Waals surface area contributed by atoms with E-state index in [9.17, 15) is 4.79 Å². The van der Waals surface area contributed by atoms with Crippen LogP contribution in [-0.4, -0.2) is 20.8 Å². The Balaban J connectivity index is 1.64. The molecule has 3 aromatic rings. The van der Waals surface area contributed by atoms with Gasteiger partial charge in [-0.2, -0.15) is 0 Å². The SMILES string of the molecule is CCc1ccc(C2CCCCCN2Cc2cc(=O)n3cc(C)ccc3n2)o1. The van der Waals surface area contributed by atoms with Gasteiger partial charge in [0.2, 0.25) is 0 Å². The molecule has 4 heterocycles. The van der Waals surface area contributed by atoms with E-state index in [4.69, 9.17) is 9.40 Å². The van der Waals surface area contributed by atoms with Crippen LogP contribution >= 0.6 is 0 Å². The maximum Gasteiger partial charge on any atom is 0.258 e. The molecule has 5 heteroatoms. The number of nitrogens with zero attached hydrogens (tertiary/aromatic N) is 3. The topological polar surface area (TPSA) is 50.8 Å². The summed E-state index contributed by atoms with van der Waals surface area (Å²) in [5.41, 5.74) is 2.58. The molecule has 1 unspecified atom stereocenters. The van der Waals surface area contributed by atoms with Gasteiger partial charge in [-0.15, -0.1) is 0 Å². The molecule has 0 bridgehead atoms. The van der Waals surface area contributed by atoms with E-state index in [0.717, 1.165) is 42.2 Å². The first-order valence-corrected chi connectivity index (χ1v) is 9.95. The number of hydrogen-bond donors (Lipinski definition) is 0. The van der Waals surface area contributed by atoms with Crippen molar-refractivity contribution in [1.29, 1.82) is 0 Å². The van der Waals surface area contributed by atoms with Crippen molar-refractivity contribution >= 4 is 5.65 Å². The van der Waals surface area contributed by atoms with E-state index in [1.165, 1.54) is 19.3 Å². The van der Waals surface area contributed by atoms with Crippen LogP contribution in [0.1, 0.15) is 61.4 Å². The van der Waals surface area contributed by atoms with Crippen molar-refractivity contribution in [3.8, 4) is 0 Å². The second-order valence-corrected chi connectivity index (χ2v) is 7.51. The Morgan fingerprint density at radius 3 is 2.89 bits per heavy atom.